The van der Waals surface area contributed by atoms with E-state index in [2.05, 4.69) is 21.2 Å². The highest BCUT2D eigenvalue weighted by atomic mass is 79.9. The number of carbonyl (C=O) groups is 1. The number of anilines is 1. The van der Waals surface area contributed by atoms with Crippen molar-refractivity contribution in [3.8, 4) is 5.75 Å². The Morgan fingerprint density at radius 1 is 0.964 bits per heavy atom. The van der Waals surface area contributed by atoms with E-state index < -0.39 is 17.1 Å². The topological polar surface area (TPSA) is 81.5 Å². The summed E-state index contributed by atoms with van der Waals surface area (Å²) in [7, 11) is 0. The lowest BCUT2D eigenvalue weighted by atomic mass is 9.91. The Kier molecular flexibility index (Phi) is 4.83. The van der Waals surface area contributed by atoms with Gasteiger partial charge in [0.2, 0.25) is 0 Å². The van der Waals surface area contributed by atoms with Crippen molar-refractivity contribution in [2.24, 2.45) is 0 Å². The fraction of sp³-hybridized carbons (Fsp3) is 0.0952. The van der Waals surface area contributed by atoms with Crippen LogP contribution in [0.2, 0.25) is 0 Å². The molecule has 0 amide bonds. The predicted molar refractivity (Wildman–Crippen MR) is 109 cm³/mol. The summed E-state index contributed by atoms with van der Waals surface area (Å²) in [5.74, 6) is 0.415. The molecule has 0 aromatic heterocycles. The van der Waals surface area contributed by atoms with E-state index in [0.29, 0.717) is 16.9 Å². The molecular weight excluding hydrogens is 424 g/mol. The summed E-state index contributed by atoms with van der Waals surface area (Å²) in [5, 5.41) is 14.2. The van der Waals surface area contributed by atoms with Crippen LogP contribution in [0.5, 0.6) is 5.75 Å². The predicted octanol–water partition coefficient (Wildman–Crippen LogP) is 5.15. The molecule has 0 spiro atoms. The summed E-state index contributed by atoms with van der Waals surface area (Å²) in [6.07, 6.45) is -0.619. The Labute approximate surface area is 169 Å². The highest BCUT2D eigenvalue weighted by Crippen LogP contribution is 2.37. The molecule has 2 unspecified atom stereocenters. The Bertz CT molecular complexity index is 1040. The number of para-hydroxylation sites is 1. The van der Waals surface area contributed by atoms with Crippen LogP contribution < -0.4 is 10.1 Å². The van der Waals surface area contributed by atoms with Gasteiger partial charge in [0, 0.05) is 22.3 Å². The molecule has 1 N–H and O–H groups in total. The number of hydrogen-bond donors (Lipinski definition) is 1. The van der Waals surface area contributed by atoms with Gasteiger partial charge in [0.1, 0.15) is 11.8 Å². The number of rotatable bonds is 4. The van der Waals surface area contributed by atoms with E-state index >= 15 is 0 Å². The van der Waals surface area contributed by atoms with Gasteiger partial charge < -0.3 is 10.1 Å². The van der Waals surface area contributed by atoms with Crippen LogP contribution in [-0.4, -0.2) is 16.7 Å². The molecule has 4 rings (SSSR count). The maximum atomic E-state index is 13.2. The zero-order valence-electron chi connectivity index (χ0n) is 14.5. The summed E-state index contributed by atoms with van der Waals surface area (Å²) in [6, 6.07) is 20.0. The standard InChI is InChI=1S/C21H15BrN2O4/c22-14-7-9-15(10-8-14)23-19-20(25)17-3-1-2-4-18(17)28-21(19)13-5-11-16(12-6-13)24(26)27/h1-12,19,21,23H. The van der Waals surface area contributed by atoms with Crippen molar-refractivity contribution >= 4 is 33.1 Å². The average Bonchev–Trinajstić information content (AvgIpc) is 2.71. The monoisotopic (exact) mass is 438 g/mol. The second-order valence-electron chi connectivity index (χ2n) is 6.38. The fourth-order valence-electron chi connectivity index (χ4n) is 3.20. The first-order valence-electron chi connectivity index (χ1n) is 8.59. The number of carbonyl (C=O) groups excluding carboxylic acids is 1. The second kappa shape index (κ2) is 7.44. The number of ether oxygens (including phenoxy) is 1. The quantitative estimate of drug-likeness (QED) is 0.449. The van der Waals surface area contributed by atoms with E-state index in [1.807, 2.05) is 30.3 Å². The van der Waals surface area contributed by atoms with Gasteiger partial charge in [-0.1, -0.05) is 28.1 Å². The van der Waals surface area contributed by atoms with Crippen LogP contribution in [-0.2, 0) is 0 Å². The zero-order valence-corrected chi connectivity index (χ0v) is 16.1. The van der Waals surface area contributed by atoms with Gasteiger partial charge in [-0.15, -0.1) is 0 Å². The normalized spacial score (nSPS) is 18.1. The van der Waals surface area contributed by atoms with Gasteiger partial charge in [-0.05, 0) is 54.1 Å². The lowest BCUT2D eigenvalue weighted by Gasteiger charge is -2.33. The molecule has 2 atom stereocenters. The van der Waals surface area contributed by atoms with Crippen LogP contribution in [0.25, 0.3) is 0 Å². The molecule has 0 fully saturated rings. The van der Waals surface area contributed by atoms with E-state index in [1.54, 1.807) is 30.3 Å². The van der Waals surface area contributed by atoms with E-state index in [4.69, 9.17) is 4.74 Å². The summed E-state index contributed by atoms with van der Waals surface area (Å²) >= 11 is 3.40. The molecule has 28 heavy (non-hydrogen) atoms. The van der Waals surface area contributed by atoms with E-state index in [1.165, 1.54) is 12.1 Å². The van der Waals surface area contributed by atoms with E-state index in [-0.39, 0.29) is 11.5 Å². The number of nitrogens with one attached hydrogen (secondary N) is 1. The lowest BCUT2D eigenvalue weighted by molar-refractivity contribution is -0.384. The Balaban J connectivity index is 1.73. The van der Waals surface area contributed by atoms with Crippen LogP contribution in [0.4, 0.5) is 11.4 Å². The second-order valence-corrected chi connectivity index (χ2v) is 7.29. The number of nitrogens with zero attached hydrogens (tertiary/aromatic N) is 1. The van der Waals surface area contributed by atoms with Gasteiger partial charge in [-0.25, -0.2) is 0 Å². The molecule has 0 saturated carbocycles. The first kappa shape index (κ1) is 18.2. The molecule has 0 aliphatic carbocycles. The van der Waals surface area contributed by atoms with Gasteiger partial charge in [0.15, 0.2) is 11.9 Å². The van der Waals surface area contributed by atoms with Crippen molar-refractivity contribution in [1.29, 1.82) is 0 Å². The largest absolute Gasteiger partial charge is 0.482 e. The van der Waals surface area contributed by atoms with Crippen molar-refractivity contribution in [3.63, 3.8) is 0 Å². The average molecular weight is 439 g/mol. The summed E-state index contributed by atoms with van der Waals surface area (Å²) in [6.45, 7) is 0. The summed E-state index contributed by atoms with van der Waals surface area (Å²) < 4.78 is 7.07. The molecule has 1 aliphatic heterocycles. The van der Waals surface area contributed by atoms with Crippen LogP contribution in [0.3, 0.4) is 0 Å². The van der Waals surface area contributed by atoms with Crippen molar-refractivity contribution in [1.82, 2.24) is 0 Å². The lowest BCUT2D eigenvalue weighted by Crippen LogP contribution is -2.42. The van der Waals surface area contributed by atoms with Crippen molar-refractivity contribution in [3.05, 3.63) is 98.5 Å². The molecule has 7 heteroatoms. The maximum Gasteiger partial charge on any atom is 0.269 e. The van der Waals surface area contributed by atoms with Gasteiger partial charge in [0.25, 0.3) is 5.69 Å². The molecule has 3 aromatic rings. The number of ketones is 1. The molecule has 3 aromatic carbocycles. The van der Waals surface area contributed by atoms with Gasteiger partial charge >= 0.3 is 0 Å². The summed E-state index contributed by atoms with van der Waals surface area (Å²) in [4.78, 5) is 23.7. The number of halogens is 1. The van der Waals surface area contributed by atoms with Crippen molar-refractivity contribution in [2.75, 3.05) is 5.32 Å². The molecule has 6 nitrogen and oxygen atoms in total. The minimum atomic E-state index is -0.669. The number of nitro benzene ring substituents is 1. The molecular formula is C21H15BrN2O4. The number of hydrogen-bond acceptors (Lipinski definition) is 5. The number of benzene rings is 3. The third-order valence-electron chi connectivity index (χ3n) is 4.59. The van der Waals surface area contributed by atoms with Crippen LogP contribution in [0, 0.1) is 10.1 Å². The van der Waals surface area contributed by atoms with Gasteiger partial charge in [0.05, 0.1) is 10.5 Å². The Morgan fingerprint density at radius 3 is 2.32 bits per heavy atom. The SMILES string of the molecule is O=C1c2ccccc2OC(c2ccc([N+](=O)[O-])cc2)C1Nc1ccc(Br)cc1. The first-order chi connectivity index (χ1) is 13.5. The molecule has 1 aliphatic rings. The number of fused-ring (bicyclic) bond motifs is 1. The molecule has 0 saturated heterocycles. The number of non-ortho nitro benzene ring substituents is 1. The third kappa shape index (κ3) is 3.48. The van der Waals surface area contributed by atoms with E-state index in [0.717, 1.165) is 10.2 Å². The molecule has 140 valence electrons. The molecule has 1 heterocycles. The molecule has 0 bridgehead atoms. The number of Topliss-reactive ketones (excluding diaryl/α,β-unsaturated/α-hetero) is 1. The van der Waals surface area contributed by atoms with Crippen molar-refractivity contribution < 1.29 is 14.5 Å². The molecule has 0 radical (unpaired) electrons. The highest BCUT2D eigenvalue weighted by Gasteiger charge is 2.38. The first-order valence-corrected chi connectivity index (χ1v) is 9.38. The van der Waals surface area contributed by atoms with Crippen LogP contribution >= 0.6 is 15.9 Å². The van der Waals surface area contributed by atoms with Crippen LogP contribution in [0.15, 0.2) is 77.3 Å². The van der Waals surface area contributed by atoms with Crippen molar-refractivity contribution in [2.45, 2.75) is 12.1 Å². The maximum absolute atomic E-state index is 13.2. The fourth-order valence-corrected chi connectivity index (χ4v) is 3.46. The minimum absolute atomic E-state index is 0.0105. The smallest absolute Gasteiger partial charge is 0.269 e. The third-order valence-corrected chi connectivity index (χ3v) is 5.12. The summed E-state index contributed by atoms with van der Waals surface area (Å²) in [5.41, 5.74) is 1.96. The van der Waals surface area contributed by atoms with Crippen LogP contribution in [0.1, 0.15) is 22.0 Å². The Hall–Kier alpha value is -3.19. The van der Waals surface area contributed by atoms with Gasteiger partial charge in [-0.3, -0.25) is 14.9 Å². The zero-order chi connectivity index (χ0) is 19.7. The number of nitro groups is 1. The minimum Gasteiger partial charge on any atom is -0.482 e. The van der Waals surface area contributed by atoms with Gasteiger partial charge in [-0.2, -0.15) is 0 Å². The van der Waals surface area contributed by atoms with E-state index in [9.17, 15) is 14.9 Å². The highest BCUT2D eigenvalue weighted by molar-refractivity contribution is 9.10. The Morgan fingerprint density at radius 2 is 1.64 bits per heavy atom.